The number of rotatable bonds is 5. The van der Waals surface area contributed by atoms with Gasteiger partial charge in [-0.2, -0.15) is 0 Å². The van der Waals surface area contributed by atoms with Crippen LogP contribution in [-0.4, -0.2) is 35.2 Å². The lowest BCUT2D eigenvalue weighted by molar-refractivity contribution is -0.133. The minimum Gasteiger partial charge on any atom is -0.493 e. The Labute approximate surface area is 144 Å². The minimum atomic E-state index is -0.600. The molecule has 4 nitrogen and oxygen atoms in total. The van der Waals surface area contributed by atoms with Crippen LogP contribution in [0.3, 0.4) is 0 Å². The van der Waals surface area contributed by atoms with Crippen LogP contribution < -0.4 is 4.74 Å². The molecule has 0 saturated carbocycles. The first-order valence-electron chi connectivity index (χ1n) is 8.14. The van der Waals surface area contributed by atoms with Crippen molar-refractivity contribution < 1.29 is 23.4 Å². The van der Waals surface area contributed by atoms with Crippen molar-refractivity contribution in [2.45, 2.75) is 25.0 Å². The first-order chi connectivity index (χ1) is 12.0. The van der Waals surface area contributed by atoms with Crippen LogP contribution in [-0.2, 0) is 4.79 Å². The van der Waals surface area contributed by atoms with E-state index in [0.29, 0.717) is 12.2 Å². The van der Waals surface area contributed by atoms with Crippen molar-refractivity contribution in [1.82, 2.24) is 4.90 Å². The second-order valence-corrected chi connectivity index (χ2v) is 6.06. The maximum absolute atomic E-state index is 13.1. The van der Waals surface area contributed by atoms with Gasteiger partial charge in [0, 0.05) is 6.54 Å². The molecule has 1 saturated heterocycles. The number of aliphatic hydroxyl groups excluding tert-OH is 1. The van der Waals surface area contributed by atoms with Crippen LogP contribution >= 0.6 is 0 Å². The van der Waals surface area contributed by atoms with Gasteiger partial charge in [-0.3, -0.25) is 4.79 Å². The van der Waals surface area contributed by atoms with E-state index in [1.54, 1.807) is 17.0 Å². The summed E-state index contributed by atoms with van der Waals surface area (Å²) in [7, 11) is 0. The van der Waals surface area contributed by atoms with Gasteiger partial charge in [0.2, 0.25) is 5.91 Å². The van der Waals surface area contributed by atoms with Crippen molar-refractivity contribution in [2.24, 2.45) is 0 Å². The lowest BCUT2D eigenvalue weighted by atomic mass is 10.0. The van der Waals surface area contributed by atoms with E-state index in [-0.39, 0.29) is 43.2 Å². The van der Waals surface area contributed by atoms with Crippen LogP contribution in [0.4, 0.5) is 8.78 Å². The van der Waals surface area contributed by atoms with Crippen LogP contribution in [0, 0.1) is 11.6 Å². The van der Waals surface area contributed by atoms with Crippen molar-refractivity contribution in [3.05, 3.63) is 65.7 Å². The number of hydrogen-bond acceptors (Lipinski definition) is 3. The molecule has 25 heavy (non-hydrogen) atoms. The summed E-state index contributed by atoms with van der Waals surface area (Å²) in [5, 5.41) is 9.93. The van der Waals surface area contributed by atoms with Gasteiger partial charge < -0.3 is 14.7 Å². The van der Waals surface area contributed by atoms with Gasteiger partial charge in [-0.15, -0.1) is 0 Å². The molecule has 0 aromatic heterocycles. The predicted molar refractivity (Wildman–Crippen MR) is 88.0 cm³/mol. The number of amides is 1. The molecule has 0 spiro atoms. The number of likely N-dealkylation sites (tertiary alicyclic amines) is 1. The minimum absolute atomic E-state index is 0.141. The zero-order valence-electron chi connectivity index (χ0n) is 13.6. The maximum Gasteiger partial charge on any atom is 0.226 e. The molecule has 1 aliphatic heterocycles. The van der Waals surface area contributed by atoms with E-state index in [2.05, 4.69) is 0 Å². The maximum atomic E-state index is 13.1. The van der Waals surface area contributed by atoms with E-state index in [1.165, 1.54) is 36.4 Å². The molecule has 2 aromatic carbocycles. The number of carbonyl (C=O) groups is 1. The third kappa shape index (κ3) is 4.33. The molecule has 0 bridgehead atoms. The zero-order valence-corrected chi connectivity index (χ0v) is 13.6. The Balaban J connectivity index is 1.59. The molecular formula is C19H19F2NO3. The van der Waals surface area contributed by atoms with Crippen LogP contribution in [0.25, 0.3) is 0 Å². The molecule has 2 aromatic rings. The van der Waals surface area contributed by atoms with E-state index in [1.807, 2.05) is 0 Å². The van der Waals surface area contributed by atoms with E-state index >= 15 is 0 Å². The molecule has 1 aliphatic rings. The monoisotopic (exact) mass is 347 g/mol. The number of carbonyl (C=O) groups excluding carboxylic acids is 1. The predicted octanol–water partition coefficient (Wildman–Crippen LogP) is 3.07. The Morgan fingerprint density at radius 1 is 1.08 bits per heavy atom. The lowest BCUT2D eigenvalue weighted by Gasteiger charge is -2.25. The summed E-state index contributed by atoms with van der Waals surface area (Å²) in [5.41, 5.74) is 0.797. The average Bonchev–Trinajstić information content (AvgIpc) is 2.99. The van der Waals surface area contributed by atoms with E-state index < -0.39 is 6.10 Å². The van der Waals surface area contributed by atoms with Gasteiger partial charge in [0.05, 0.1) is 25.2 Å². The summed E-state index contributed by atoms with van der Waals surface area (Å²) in [6, 6.07) is 11.3. The van der Waals surface area contributed by atoms with Gasteiger partial charge in [-0.1, -0.05) is 12.1 Å². The number of halogens is 2. The van der Waals surface area contributed by atoms with Crippen molar-refractivity contribution in [3.8, 4) is 5.75 Å². The fourth-order valence-corrected chi connectivity index (χ4v) is 3.02. The largest absolute Gasteiger partial charge is 0.493 e. The molecule has 1 fully saturated rings. The fraction of sp³-hybridized carbons (Fsp3) is 0.316. The summed E-state index contributed by atoms with van der Waals surface area (Å²) in [4.78, 5) is 14.1. The first kappa shape index (κ1) is 17.4. The van der Waals surface area contributed by atoms with Crippen LogP contribution in [0.5, 0.6) is 5.75 Å². The molecule has 6 heteroatoms. The molecule has 1 heterocycles. The van der Waals surface area contributed by atoms with Crippen molar-refractivity contribution in [3.63, 3.8) is 0 Å². The molecule has 3 rings (SSSR count). The summed E-state index contributed by atoms with van der Waals surface area (Å²) >= 11 is 0. The van der Waals surface area contributed by atoms with E-state index in [4.69, 9.17) is 4.74 Å². The highest BCUT2D eigenvalue weighted by molar-refractivity contribution is 5.77. The topological polar surface area (TPSA) is 49.8 Å². The third-order valence-corrected chi connectivity index (χ3v) is 4.25. The molecule has 0 unspecified atom stereocenters. The zero-order chi connectivity index (χ0) is 17.8. The highest BCUT2D eigenvalue weighted by atomic mass is 19.1. The molecule has 1 N–H and O–H groups in total. The quantitative estimate of drug-likeness (QED) is 0.904. The van der Waals surface area contributed by atoms with E-state index in [0.717, 1.165) is 5.56 Å². The number of β-amino-alcohol motifs (C(OH)–C–C–N with tert-alkyl or cyclic N) is 1. The molecule has 1 amide bonds. The van der Waals surface area contributed by atoms with Crippen LogP contribution in [0.1, 0.15) is 24.4 Å². The van der Waals surface area contributed by atoms with Crippen LogP contribution in [0.2, 0.25) is 0 Å². The van der Waals surface area contributed by atoms with Gasteiger partial charge in [-0.25, -0.2) is 8.78 Å². The average molecular weight is 347 g/mol. The molecular weight excluding hydrogens is 328 g/mol. The Morgan fingerprint density at radius 2 is 1.68 bits per heavy atom. The number of hydrogen-bond donors (Lipinski definition) is 1. The summed E-state index contributed by atoms with van der Waals surface area (Å²) in [6.45, 7) is 0.407. The molecule has 0 radical (unpaired) electrons. The Morgan fingerprint density at radius 3 is 2.32 bits per heavy atom. The highest BCUT2D eigenvalue weighted by Crippen LogP contribution is 2.32. The van der Waals surface area contributed by atoms with E-state index in [9.17, 15) is 18.7 Å². The Kier molecular flexibility index (Phi) is 5.28. The summed E-state index contributed by atoms with van der Waals surface area (Å²) in [5.74, 6) is -0.344. The van der Waals surface area contributed by atoms with Gasteiger partial charge in [0.25, 0.3) is 0 Å². The number of aliphatic hydroxyl groups is 1. The normalized spacial score (nSPS) is 19.9. The third-order valence-electron chi connectivity index (χ3n) is 4.25. The first-order valence-corrected chi connectivity index (χ1v) is 8.14. The molecule has 132 valence electrons. The van der Waals surface area contributed by atoms with Gasteiger partial charge in [-0.05, 0) is 48.4 Å². The lowest BCUT2D eigenvalue weighted by Crippen LogP contribution is -2.32. The second kappa shape index (κ2) is 7.61. The summed E-state index contributed by atoms with van der Waals surface area (Å²) < 4.78 is 31.4. The smallest absolute Gasteiger partial charge is 0.226 e. The fourth-order valence-electron chi connectivity index (χ4n) is 3.02. The molecule has 0 aliphatic carbocycles. The Bertz CT molecular complexity index is 718. The number of ether oxygens (including phenoxy) is 1. The highest BCUT2D eigenvalue weighted by Gasteiger charge is 2.34. The van der Waals surface area contributed by atoms with Crippen LogP contribution in [0.15, 0.2) is 48.5 Å². The number of benzene rings is 2. The second-order valence-electron chi connectivity index (χ2n) is 6.06. The molecule has 2 atom stereocenters. The standard InChI is InChI=1S/C19H19F2NO3/c20-14-3-1-13(2-4-14)18-11-16(23)12-22(18)19(24)9-10-25-17-7-5-15(21)6-8-17/h1-8,16,18,23H,9-12H2/t16-,18-/m1/s1. The Hall–Kier alpha value is -2.47. The van der Waals surface area contributed by atoms with Gasteiger partial charge >= 0.3 is 0 Å². The van der Waals surface area contributed by atoms with Crippen molar-refractivity contribution >= 4 is 5.91 Å². The summed E-state index contributed by atoms with van der Waals surface area (Å²) in [6.07, 6.45) is -0.0325. The number of nitrogens with zero attached hydrogens (tertiary/aromatic N) is 1. The SMILES string of the molecule is O=C(CCOc1ccc(F)cc1)N1C[C@H](O)C[C@@H]1c1ccc(F)cc1. The van der Waals surface area contributed by atoms with Crippen molar-refractivity contribution in [2.75, 3.05) is 13.2 Å². The van der Waals surface area contributed by atoms with Gasteiger partial charge in [0.15, 0.2) is 0 Å². The van der Waals surface area contributed by atoms with Gasteiger partial charge in [0.1, 0.15) is 17.4 Å². The van der Waals surface area contributed by atoms with Crippen molar-refractivity contribution in [1.29, 1.82) is 0 Å².